The van der Waals surface area contributed by atoms with E-state index in [0.717, 1.165) is 24.4 Å². The Morgan fingerprint density at radius 3 is 2.80 bits per heavy atom. The third kappa shape index (κ3) is 3.04. The van der Waals surface area contributed by atoms with Gasteiger partial charge in [0.15, 0.2) is 0 Å². The summed E-state index contributed by atoms with van der Waals surface area (Å²) < 4.78 is 0. The van der Waals surface area contributed by atoms with Gasteiger partial charge in [-0.05, 0) is 36.0 Å². The largest absolute Gasteiger partial charge is 0.326 e. The second-order valence-corrected chi connectivity index (χ2v) is 6.31. The molecule has 1 fully saturated rings. The number of nitrogens with one attached hydrogen (secondary N) is 1. The number of hydrogen-bond acceptors (Lipinski definition) is 2. The van der Waals surface area contributed by atoms with Crippen LogP contribution in [0.2, 0.25) is 0 Å². The Labute approximate surface area is 120 Å². The molecule has 1 aromatic rings. The predicted molar refractivity (Wildman–Crippen MR) is 81.5 cm³/mol. The fourth-order valence-electron chi connectivity index (χ4n) is 3.55. The molecule has 3 nitrogen and oxygen atoms in total. The molecule has 1 atom stereocenters. The molecule has 3 rings (SSSR count). The highest BCUT2D eigenvalue weighted by atomic mass is 16.1. The minimum atomic E-state index is 0.122. The lowest BCUT2D eigenvalue weighted by atomic mass is 9.83. The van der Waals surface area contributed by atoms with Crippen LogP contribution < -0.4 is 11.1 Å². The number of carbonyl (C=O) groups excluding carboxylic acids is 1. The van der Waals surface area contributed by atoms with Crippen LogP contribution in [0.25, 0.3) is 0 Å². The van der Waals surface area contributed by atoms with Crippen molar-refractivity contribution in [3.63, 3.8) is 0 Å². The van der Waals surface area contributed by atoms with Gasteiger partial charge in [0.25, 0.3) is 0 Å². The van der Waals surface area contributed by atoms with E-state index in [0.29, 0.717) is 6.42 Å². The van der Waals surface area contributed by atoms with E-state index in [1.165, 1.54) is 43.2 Å². The molecular formula is C17H24N2O. The van der Waals surface area contributed by atoms with E-state index in [9.17, 15) is 4.79 Å². The molecule has 1 aromatic carbocycles. The van der Waals surface area contributed by atoms with Crippen LogP contribution in [-0.2, 0) is 11.2 Å². The van der Waals surface area contributed by atoms with Crippen molar-refractivity contribution in [1.29, 1.82) is 0 Å². The van der Waals surface area contributed by atoms with Crippen molar-refractivity contribution >= 4 is 11.6 Å². The fraction of sp³-hybridized carbons (Fsp3) is 0.588. The maximum Gasteiger partial charge on any atom is 0.224 e. The number of benzene rings is 1. The molecule has 0 spiro atoms. The van der Waals surface area contributed by atoms with E-state index in [2.05, 4.69) is 17.4 Å². The smallest absolute Gasteiger partial charge is 0.224 e. The van der Waals surface area contributed by atoms with Gasteiger partial charge in [-0.2, -0.15) is 0 Å². The van der Waals surface area contributed by atoms with E-state index >= 15 is 0 Å². The second-order valence-electron chi connectivity index (χ2n) is 6.31. The van der Waals surface area contributed by atoms with E-state index in [4.69, 9.17) is 5.73 Å². The molecule has 0 saturated heterocycles. The SMILES string of the molecule is NC(CC1CCCCC1)c1ccc2c(c1)CCC(=O)N2. The first kappa shape index (κ1) is 13.6. The molecule has 0 radical (unpaired) electrons. The van der Waals surface area contributed by atoms with Gasteiger partial charge in [-0.25, -0.2) is 0 Å². The quantitative estimate of drug-likeness (QED) is 0.884. The van der Waals surface area contributed by atoms with Gasteiger partial charge in [0.05, 0.1) is 0 Å². The van der Waals surface area contributed by atoms with Crippen LogP contribution >= 0.6 is 0 Å². The van der Waals surface area contributed by atoms with Crippen LogP contribution in [0, 0.1) is 5.92 Å². The molecule has 1 aliphatic heterocycles. The Morgan fingerprint density at radius 2 is 2.00 bits per heavy atom. The van der Waals surface area contributed by atoms with Crippen molar-refractivity contribution in [2.24, 2.45) is 11.7 Å². The lowest BCUT2D eigenvalue weighted by Gasteiger charge is -2.25. The lowest BCUT2D eigenvalue weighted by molar-refractivity contribution is -0.116. The number of anilines is 1. The van der Waals surface area contributed by atoms with Gasteiger partial charge in [0, 0.05) is 18.2 Å². The van der Waals surface area contributed by atoms with Gasteiger partial charge in [-0.1, -0.05) is 44.2 Å². The average molecular weight is 272 g/mol. The summed E-state index contributed by atoms with van der Waals surface area (Å²) in [6, 6.07) is 6.43. The number of aryl methyl sites for hydroxylation is 1. The highest BCUT2D eigenvalue weighted by molar-refractivity contribution is 5.93. The first-order chi connectivity index (χ1) is 9.72. The van der Waals surface area contributed by atoms with E-state index < -0.39 is 0 Å². The normalized spacial score (nSPS) is 21.1. The first-order valence-electron chi connectivity index (χ1n) is 7.90. The number of nitrogens with two attached hydrogens (primary N) is 1. The van der Waals surface area contributed by atoms with Gasteiger partial charge < -0.3 is 11.1 Å². The summed E-state index contributed by atoms with van der Waals surface area (Å²) in [5.41, 5.74) is 9.83. The fourth-order valence-corrected chi connectivity index (χ4v) is 3.55. The second kappa shape index (κ2) is 5.96. The van der Waals surface area contributed by atoms with Crippen molar-refractivity contribution in [2.45, 2.75) is 57.4 Å². The summed E-state index contributed by atoms with van der Waals surface area (Å²) in [5.74, 6) is 0.922. The predicted octanol–water partition coefficient (Wildman–Crippen LogP) is 3.54. The van der Waals surface area contributed by atoms with Crippen molar-refractivity contribution < 1.29 is 4.79 Å². The number of rotatable bonds is 3. The molecule has 20 heavy (non-hydrogen) atoms. The maximum absolute atomic E-state index is 11.4. The van der Waals surface area contributed by atoms with Crippen LogP contribution in [0.1, 0.15) is 62.1 Å². The van der Waals surface area contributed by atoms with E-state index in [1.807, 2.05) is 6.07 Å². The molecule has 1 unspecified atom stereocenters. The highest BCUT2D eigenvalue weighted by Gasteiger charge is 2.20. The summed E-state index contributed by atoms with van der Waals surface area (Å²) >= 11 is 0. The molecule has 1 heterocycles. The third-order valence-corrected chi connectivity index (χ3v) is 4.76. The van der Waals surface area contributed by atoms with Gasteiger partial charge in [0.2, 0.25) is 5.91 Å². The van der Waals surface area contributed by atoms with Crippen LogP contribution in [0.15, 0.2) is 18.2 Å². The summed E-state index contributed by atoms with van der Waals surface area (Å²) in [4.78, 5) is 11.4. The minimum Gasteiger partial charge on any atom is -0.326 e. The molecule has 0 bridgehead atoms. The zero-order chi connectivity index (χ0) is 13.9. The Morgan fingerprint density at radius 1 is 1.20 bits per heavy atom. The third-order valence-electron chi connectivity index (χ3n) is 4.76. The standard InChI is InChI=1S/C17H24N2O/c18-15(10-12-4-2-1-3-5-12)13-6-8-16-14(11-13)7-9-17(20)19-16/h6,8,11-12,15H,1-5,7,9-10,18H2,(H,19,20). The number of carbonyl (C=O) groups is 1. The maximum atomic E-state index is 11.4. The molecule has 108 valence electrons. The molecule has 0 aromatic heterocycles. The van der Waals surface area contributed by atoms with Gasteiger partial charge >= 0.3 is 0 Å². The molecule has 1 aliphatic carbocycles. The summed E-state index contributed by atoms with van der Waals surface area (Å²) in [5, 5.41) is 2.93. The molecular weight excluding hydrogens is 248 g/mol. The Bertz CT molecular complexity index is 492. The zero-order valence-electron chi connectivity index (χ0n) is 12.0. The van der Waals surface area contributed by atoms with Crippen molar-refractivity contribution in [2.75, 3.05) is 5.32 Å². The number of hydrogen-bond donors (Lipinski definition) is 2. The van der Waals surface area contributed by atoms with Crippen molar-refractivity contribution in [3.05, 3.63) is 29.3 Å². The molecule has 3 heteroatoms. The summed E-state index contributed by atoms with van der Waals surface area (Å²) in [6.07, 6.45) is 9.35. The molecule has 1 amide bonds. The molecule has 1 saturated carbocycles. The zero-order valence-corrected chi connectivity index (χ0v) is 12.0. The lowest BCUT2D eigenvalue weighted by Crippen LogP contribution is -2.21. The van der Waals surface area contributed by atoms with Crippen LogP contribution in [0.3, 0.4) is 0 Å². The topological polar surface area (TPSA) is 55.1 Å². The first-order valence-corrected chi connectivity index (χ1v) is 7.90. The van der Waals surface area contributed by atoms with Gasteiger partial charge in [-0.3, -0.25) is 4.79 Å². The van der Waals surface area contributed by atoms with Crippen LogP contribution in [-0.4, -0.2) is 5.91 Å². The van der Waals surface area contributed by atoms with Crippen molar-refractivity contribution in [1.82, 2.24) is 0 Å². The highest BCUT2D eigenvalue weighted by Crippen LogP contribution is 2.32. The Hall–Kier alpha value is -1.35. The number of fused-ring (bicyclic) bond motifs is 1. The Kier molecular flexibility index (Phi) is 4.06. The van der Waals surface area contributed by atoms with E-state index in [-0.39, 0.29) is 11.9 Å². The van der Waals surface area contributed by atoms with Gasteiger partial charge in [-0.15, -0.1) is 0 Å². The van der Waals surface area contributed by atoms with Crippen LogP contribution in [0.5, 0.6) is 0 Å². The summed E-state index contributed by atoms with van der Waals surface area (Å²) in [6.45, 7) is 0. The minimum absolute atomic E-state index is 0.122. The van der Waals surface area contributed by atoms with Crippen molar-refractivity contribution in [3.8, 4) is 0 Å². The average Bonchev–Trinajstić information content (AvgIpc) is 2.47. The molecule has 2 aliphatic rings. The number of amides is 1. The van der Waals surface area contributed by atoms with Gasteiger partial charge in [0.1, 0.15) is 0 Å². The summed E-state index contributed by atoms with van der Waals surface area (Å²) in [7, 11) is 0. The monoisotopic (exact) mass is 272 g/mol. The molecule has 3 N–H and O–H groups in total. The van der Waals surface area contributed by atoms with Crippen LogP contribution in [0.4, 0.5) is 5.69 Å². The Balaban J connectivity index is 1.68. The van der Waals surface area contributed by atoms with E-state index in [1.54, 1.807) is 0 Å².